The van der Waals surface area contributed by atoms with Crippen molar-refractivity contribution in [2.75, 3.05) is 0 Å². The van der Waals surface area contributed by atoms with Crippen LogP contribution in [0.25, 0.3) is 6.08 Å². The summed E-state index contributed by atoms with van der Waals surface area (Å²) >= 11 is 3.38. The molecule has 0 aliphatic rings. The molecule has 0 heterocycles. The summed E-state index contributed by atoms with van der Waals surface area (Å²) in [4.78, 5) is 10.7. The zero-order valence-corrected chi connectivity index (χ0v) is 9.26. The summed E-state index contributed by atoms with van der Waals surface area (Å²) < 4.78 is 1.03. The maximum atomic E-state index is 10.7. The lowest BCUT2D eigenvalue weighted by Crippen LogP contribution is -1.83. The van der Waals surface area contributed by atoms with E-state index in [4.69, 9.17) is 0 Å². The third-order valence-electron chi connectivity index (χ3n) is 1.74. The van der Waals surface area contributed by atoms with Crippen LogP contribution in [0.2, 0.25) is 0 Å². The van der Waals surface area contributed by atoms with E-state index < -0.39 is 0 Å². The number of benzene rings is 1. The lowest BCUT2D eigenvalue weighted by atomic mass is 10.1. The van der Waals surface area contributed by atoms with Crippen LogP contribution in [0, 0.1) is 6.92 Å². The minimum atomic E-state index is 0.0689. The van der Waals surface area contributed by atoms with E-state index in [1.54, 1.807) is 13.0 Å². The Labute approximate surface area is 86.6 Å². The van der Waals surface area contributed by atoms with Crippen LogP contribution in [0.3, 0.4) is 0 Å². The van der Waals surface area contributed by atoms with Gasteiger partial charge >= 0.3 is 0 Å². The topological polar surface area (TPSA) is 17.1 Å². The molecule has 1 aromatic rings. The monoisotopic (exact) mass is 238 g/mol. The van der Waals surface area contributed by atoms with Crippen LogP contribution >= 0.6 is 15.9 Å². The standard InChI is InChI=1S/C11H11BrO/c1-8-3-6-11(12)7-10(8)5-4-9(2)13/h3-7H,1-2H3/b5-4+. The number of halogens is 1. The molecule has 0 aromatic heterocycles. The first-order chi connectivity index (χ1) is 6.09. The van der Waals surface area contributed by atoms with Gasteiger partial charge in [-0.2, -0.15) is 0 Å². The molecular weight excluding hydrogens is 228 g/mol. The Bertz CT molecular complexity index is 353. The summed E-state index contributed by atoms with van der Waals surface area (Å²) in [5.41, 5.74) is 2.24. The van der Waals surface area contributed by atoms with Gasteiger partial charge in [0.25, 0.3) is 0 Å². The van der Waals surface area contributed by atoms with Crippen LogP contribution in [-0.2, 0) is 4.79 Å². The van der Waals surface area contributed by atoms with Crippen molar-refractivity contribution in [3.8, 4) is 0 Å². The minimum Gasteiger partial charge on any atom is -0.295 e. The highest BCUT2D eigenvalue weighted by atomic mass is 79.9. The number of carbonyl (C=O) groups is 1. The highest BCUT2D eigenvalue weighted by Crippen LogP contribution is 2.17. The fraction of sp³-hybridized carbons (Fsp3) is 0.182. The molecule has 0 fully saturated rings. The summed E-state index contributed by atoms with van der Waals surface area (Å²) in [5.74, 6) is 0.0689. The predicted molar refractivity (Wildman–Crippen MR) is 58.6 cm³/mol. The molecule has 0 saturated heterocycles. The molecule has 0 saturated carbocycles. The zero-order valence-electron chi connectivity index (χ0n) is 7.67. The summed E-state index contributed by atoms with van der Waals surface area (Å²) in [6.07, 6.45) is 3.41. The molecule has 13 heavy (non-hydrogen) atoms. The highest BCUT2D eigenvalue weighted by molar-refractivity contribution is 9.10. The Balaban J connectivity index is 3.00. The second-order valence-electron chi connectivity index (χ2n) is 2.94. The van der Waals surface area contributed by atoms with E-state index in [0.717, 1.165) is 10.0 Å². The Hall–Kier alpha value is -0.890. The molecule has 0 spiro atoms. The second-order valence-corrected chi connectivity index (χ2v) is 3.86. The van der Waals surface area contributed by atoms with E-state index >= 15 is 0 Å². The van der Waals surface area contributed by atoms with Crippen molar-refractivity contribution < 1.29 is 4.79 Å². The van der Waals surface area contributed by atoms with Gasteiger partial charge in [-0.25, -0.2) is 0 Å². The quantitative estimate of drug-likeness (QED) is 0.723. The maximum absolute atomic E-state index is 10.7. The normalized spacial score (nSPS) is 10.7. The average Bonchev–Trinajstić information content (AvgIpc) is 2.06. The SMILES string of the molecule is CC(=O)/C=C/c1cc(Br)ccc1C. The molecule has 0 bridgehead atoms. The van der Waals surface area contributed by atoms with Crippen LogP contribution in [0.1, 0.15) is 18.1 Å². The summed E-state index contributed by atoms with van der Waals surface area (Å²) in [7, 11) is 0. The smallest absolute Gasteiger partial charge is 0.152 e. The molecular formula is C11H11BrO. The van der Waals surface area contributed by atoms with Crippen molar-refractivity contribution in [3.63, 3.8) is 0 Å². The summed E-state index contributed by atoms with van der Waals surface area (Å²) in [5, 5.41) is 0. The summed E-state index contributed by atoms with van der Waals surface area (Å²) in [6.45, 7) is 3.57. The van der Waals surface area contributed by atoms with Gasteiger partial charge in [-0.05, 0) is 43.2 Å². The summed E-state index contributed by atoms with van der Waals surface area (Å²) in [6, 6.07) is 6.00. The molecule has 1 nitrogen and oxygen atoms in total. The van der Waals surface area contributed by atoms with Crippen molar-refractivity contribution in [2.24, 2.45) is 0 Å². The Morgan fingerprint density at radius 2 is 2.15 bits per heavy atom. The first-order valence-electron chi connectivity index (χ1n) is 4.04. The number of aryl methyl sites for hydroxylation is 1. The predicted octanol–water partition coefficient (Wildman–Crippen LogP) is 3.36. The van der Waals surface area contributed by atoms with Gasteiger partial charge in [0.05, 0.1) is 0 Å². The fourth-order valence-electron chi connectivity index (χ4n) is 0.998. The van der Waals surface area contributed by atoms with E-state index in [9.17, 15) is 4.79 Å². The van der Waals surface area contributed by atoms with Gasteiger partial charge in [0, 0.05) is 4.47 Å². The number of carbonyl (C=O) groups excluding carboxylic acids is 1. The van der Waals surface area contributed by atoms with Gasteiger partial charge in [-0.1, -0.05) is 28.1 Å². The molecule has 0 radical (unpaired) electrons. The van der Waals surface area contributed by atoms with E-state index in [1.807, 2.05) is 31.2 Å². The first-order valence-corrected chi connectivity index (χ1v) is 4.83. The van der Waals surface area contributed by atoms with E-state index in [0.29, 0.717) is 0 Å². The molecule has 0 amide bonds. The molecule has 0 unspecified atom stereocenters. The van der Waals surface area contributed by atoms with Gasteiger partial charge in [-0.15, -0.1) is 0 Å². The third-order valence-corrected chi connectivity index (χ3v) is 2.23. The Kier molecular flexibility index (Phi) is 3.43. The van der Waals surface area contributed by atoms with E-state index in [-0.39, 0.29) is 5.78 Å². The molecule has 68 valence electrons. The van der Waals surface area contributed by atoms with Crippen molar-refractivity contribution >= 4 is 27.8 Å². The lowest BCUT2D eigenvalue weighted by Gasteiger charge is -1.99. The average molecular weight is 239 g/mol. The number of rotatable bonds is 2. The Morgan fingerprint density at radius 3 is 2.77 bits per heavy atom. The maximum Gasteiger partial charge on any atom is 0.152 e. The van der Waals surface area contributed by atoms with Crippen molar-refractivity contribution in [3.05, 3.63) is 39.9 Å². The van der Waals surface area contributed by atoms with Crippen LogP contribution in [0.5, 0.6) is 0 Å². The number of hydrogen-bond donors (Lipinski definition) is 0. The zero-order chi connectivity index (χ0) is 9.84. The molecule has 0 aliphatic carbocycles. The van der Waals surface area contributed by atoms with Gasteiger partial charge < -0.3 is 0 Å². The molecule has 2 heteroatoms. The Morgan fingerprint density at radius 1 is 1.46 bits per heavy atom. The fourth-order valence-corrected chi connectivity index (χ4v) is 1.38. The van der Waals surface area contributed by atoms with Gasteiger partial charge in [-0.3, -0.25) is 4.79 Å². The van der Waals surface area contributed by atoms with Gasteiger partial charge in [0.15, 0.2) is 5.78 Å². The van der Waals surface area contributed by atoms with Crippen LogP contribution in [0.15, 0.2) is 28.7 Å². The lowest BCUT2D eigenvalue weighted by molar-refractivity contribution is -0.112. The van der Waals surface area contributed by atoms with Gasteiger partial charge in [0.2, 0.25) is 0 Å². The minimum absolute atomic E-state index is 0.0689. The second kappa shape index (κ2) is 4.38. The van der Waals surface area contributed by atoms with E-state index in [1.165, 1.54) is 5.56 Å². The van der Waals surface area contributed by atoms with Crippen molar-refractivity contribution in [1.82, 2.24) is 0 Å². The molecule has 1 aromatic carbocycles. The highest BCUT2D eigenvalue weighted by Gasteiger charge is 1.95. The largest absolute Gasteiger partial charge is 0.295 e. The van der Waals surface area contributed by atoms with Crippen molar-refractivity contribution in [1.29, 1.82) is 0 Å². The first kappa shape index (κ1) is 10.2. The third kappa shape index (κ3) is 3.15. The molecule has 0 aliphatic heterocycles. The number of allylic oxidation sites excluding steroid dienone is 1. The van der Waals surface area contributed by atoms with Crippen LogP contribution in [0.4, 0.5) is 0 Å². The van der Waals surface area contributed by atoms with Crippen LogP contribution in [-0.4, -0.2) is 5.78 Å². The van der Waals surface area contributed by atoms with E-state index in [2.05, 4.69) is 15.9 Å². The molecule has 0 atom stereocenters. The molecule has 0 N–H and O–H groups in total. The van der Waals surface area contributed by atoms with Gasteiger partial charge in [0.1, 0.15) is 0 Å². The van der Waals surface area contributed by atoms with Crippen LogP contribution < -0.4 is 0 Å². The number of hydrogen-bond acceptors (Lipinski definition) is 1. The number of ketones is 1. The van der Waals surface area contributed by atoms with Crippen molar-refractivity contribution in [2.45, 2.75) is 13.8 Å². The molecule has 1 rings (SSSR count).